The lowest BCUT2D eigenvalue weighted by Gasteiger charge is -2.23. The van der Waals surface area contributed by atoms with Crippen molar-refractivity contribution in [3.05, 3.63) is 35.4 Å². The van der Waals surface area contributed by atoms with Crippen LogP contribution in [0.4, 0.5) is 0 Å². The summed E-state index contributed by atoms with van der Waals surface area (Å²) in [5, 5.41) is 0. The zero-order valence-corrected chi connectivity index (χ0v) is 9.59. The van der Waals surface area contributed by atoms with E-state index in [1.54, 1.807) is 0 Å². The molecule has 0 saturated heterocycles. The first kappa shape index (κ1) is 10.7. The minimum atomic E-state index is 0.415. The minimum absolute atomic E-state index is 0.415. The Kier molecular flexibility index (Phi) is 2.81. The van der Waals surface area contributed by atoms with E-state index in [1.165, 1.54) is 24.0 Å². The van der Waals surface area contributed by atoms with E-state index in [1.807, 2.05) is 0 Å². The number of hydrazine groups is 1. The molecule has 1 atom stereocenters. The molecular weight excluding hydrogens is 184 g/mol. The van der Waals surface area contributed by atoms with Gasteiger partial charge in [-0.15, -0.1) is 0 Å². The van der Waals surface area contributed by atoms with Gasteiger partial charge in [0.2, 0.25) is 0 Å². The Balaban J connectivity index is 2.10. The van der Waals surface area contributed by atoms with Gasteiger partial charge in [-0.1, -0.05) is 31.2 Å². The highest BCUT2D eigenvalue weighted by molar-refractivity contribution is 5.27. The summed E-state index contributed by atoms with van der Waals surface area (Å²) in [6.07, 6.45) is 3.64. The van der Waals surface area contributed by atoms with E-state index in [0.29, 0.717) is 11.5 Å². The van der Waals surface area contributed by atoms with Crippen LogP contribution in [0.3, 0.4) is 0 Å². The van der Waals surface area contributed by atoms with Gasteiger partial charge in [-0.3, -0.25) is 11.3 Å². The maximum Gasteiger partial charge on any atom is 0.0304 e. The van der Waals surface area contributed by atoms with Crippen molar-refractivity contribution in [1.82, 2.24) is 5.43 Å². The molecule has 0 heterocycles. The Morgan fingerprint density at radius 3 is 2.60 bits per heavy atom. The molecule has 1 aromatic carbocycles. The van der Waals surface area contributed by atoms with Gasteiger partial charge in [0.25, 0.3) is 0 Å². The molecule has 15 heavy (non-hydrogen) atoms. The number of nitrogens with two attached hydrogens (primary N) is 1. The van der Waals surface area contributed by atoms with Crippen molar-refractivity contribution in [2.75, 3.05) is 0 Å². The average Bonchev–Trinajstić information content (AvgIpc) is 2.96. The first-order valence-corrected chi connectivity index (χ1v) is 5.66. The summed E-state index contributed by atoms with van der Waals surface area (Å²) in [5.74, 6) is 5.65. The molecule has 3 N–H and O–H groups in total. The molecule has 0 radical (unpaired) electrons. The summed E-state index contributed by atoms with van der Waals surface area (Å²) in [4.78, 5) is 0. The highest BCUT2D eigenvalue weighted by Crippen LogP contribution is 2.48. The summed E-state index contributed by atoms with van der Waals surface area (Å²) in [5.41, 5.74) is 6.18. The molecule has 0 aromatic heterocycles. The van der Waals surface area contributed by atoms with Crippen LogP contribution in [0, 0.1) is 12.3 Å². The Morgan fingerprint density at radius 2 is 2.07 bits per heavy atom. The van der Waals surface area contributed by atoms with Crippen LogP contribution in [0.25, 0.3) is 0 Å². The maximum absolute atomic E-state index is 5.65. The van der Waals surface area contributed by atoms with Gasteiger partial charge in [-0.2, -0.15) is 0 Å². The first-order chi connectivity index (χ1) is 7.15. The molecule has 2 rings (SSSR count). The summed E-state index contributed by atoms with van der Waals surface area (Å²) in [7, 11) is 0. The van der Waals surface area contributed by atoms with Crippen LogP contribution < -0.4 is 11.3 Å². The van der Waals surface area contributed by atoms with Crippen molar-refractivity contribution < 1.29 is 0 Å². The third-order valence-corrected chi connectivity index (χ3v) is 3.77. The van der Waals surface area contributed by atoms with Crippen molar-refractivity contribution >= 4 is 0 Å². The van der Waals surface area contributed by atoms with Gasteiger partial charge in [-0.25, -0.2) is 0 Å². The van der Waals surface area contributed by atoms with E-state index in [9.17, 15) is 0 Å². The van der Waals surface area contributed by atoms with Gasteiger partial charge >= 0.3 is 0 Å². The van der Waals surface area contributed by atoms with Crippen molar-refractivity contribution in [3.8, 4) is 0 Å². The molecule has 1 aromatic rings. The van der Waals surface area contributed by atoms with Gasteiger partial charge in [0.1, 0.15) is 0 Å². The third kappa shape index (κ3) is 2.21. The first-order valence-electron chi connectivity index (χ1n) is 5.66. The SMILES string of the molecule is Cc1ccccc1CC(NN)C1(C)CC1. The van der Waals surface area contributed by atoms with Gasteiger partial charge in [0.05, 0.1) is 0 Å². The Hall–Kier alpha value is -0.860. The summed E-state index contributed by atoms with van der Waals surface area (Å²) < 4.78 is 0. The third-order valence-electron chi connectivity index (χ3n) is 3.77. The fraction of sp³-hybridized carbons (Fsp3) is 0.538. The van der Waals surface area contributed by atoms with Gasteiger partial charge in [0.15, 0.2) is 0 Å². The fourth-order valence-corrected chi connectivity index (χ4v) is 2.11. The fourth-order valence-electron chi connectivity index (χ4n) is 2.11. The van der Waals surface area contributed by atoms with E-state index < -0.39 is 0 Å². The highest BCUT2D eigenvalue weighted by Gasteiger charge is 2.44. The van der Waals surface area contributed by atoms with Crippen LogP contribution >= 0.6 is 0 Å². The average molecular weight is 204 g/mol. The topological polar surface area (TPSA) is 38.0 Å². The van der Waals surface area contributed by atoms with E-state index >= 15 is 0 Å². The normalized spacial score (nSPS) is 19.9. The van der Waals surface area contributed by atoms with Crippen LogP contribution in [0.2, 0.25) is 0 Å². The maximum atomic E-state index is 5.65. The molecule has 1 fully saturated rings. The Bertz CT molecular complexity index is 342. The number of aryl methyl sites for hydroxylation is 1. The van der Waals surface area contributed by atoms with Crippen molar-refractivity contribution in [1.29, 1.82) is 0 Å². The van der Waals surface area contributed by atoms with Crippen LogP contribution in [0.5, 0.6) is 0 Å². The predicted molar refractivity (Wildman–Crippen MR) is 63.3 cm³/mol. The van der Waals surface area contributed by atoms with Gasteiger partial charge in [0, 0.05) is 6.04 Å². The summed E-state index contributed by atoms with van der Waals surface area (Å²) in [6.45, 7) is 4.48. The standard InChI is InChI=1S/C13H20N2/c1-10-5-3-4-6-11(10)9-12(15-14)13(2)7-8-13/h3-6,12,15H,7-9,14H2,1-2H3. The molecule has 0 aliphatic heterocycles. The lowest BCUT2D eigenvalue weighted by atomic mass is 9.91. The molecule has 2 heteroatoms. The van der Waals surface area contributed by atoms with Crippen molar-refractivity contribution in [2.24, 2.45) is 11.3 Å². The molecule has 1 unspecified atom stereocenters. The Labute approximate surface area is 91.8 Å². The molecule has 1 aliphatic carbocycles. The predicted octanol–water partition coefficient (Wildman–Crippen LogP) is 2.17. The van der Waals surface area contributed by atoms with Crippen LogP contribution in [0.1, 0.15) is 30.9 Å². The number of benzene rings is 1. The second-order valence-electron chi connectivity index (χ2n) is 5.00. The van der Waals surface area contributed by atoms with E-state index in [-0.39, 0.29) is 0 Å². The quantitative estimate of drug-likeness (QED) is 0.582. The highest BCUT2D eigenvalue weighted by atomic mass is 15.2. The largest absolute Gasteiger partial charge is 0.271 e. The monoisotopic (exact) mass is 204 g/mol. The number of rotatable bonds is 4. The molecule has 0 spiro atoms. The number of hydrogen-bond acceptors (Lipinski definition) is 2. The molecule has 1 saturated carbocycles. The van der Waals surface area contributed by atoms with Crippen molar-refractivity contribution in [2.45, 2.75) is 39.2 Å². The van der Waals surface area contributed by atoms with Crippen molar-refractivity contribution in [3.63, 3.8) is 0 Å². The van der Waals surface area contributed by atoms with Gasteiger partial charge < -0.3 is 0 Å². The van der Waals surface area contributed by atoms with Crippen LogP contribution in [-0.2, 0) is 6.42 Å². The lowest BCUT2D eigenvalue weighted by molar-refractivity contribution is 0.359. The molecule has 2 nitrogen and oxygen atoms in total. The second kappa shape index (κ2) is 3.95. The number of hydrogen-bond donors (Lipinski definition) is 2. The van der Waals surface area contributed by atoms with E-state index in [0.717, 1.165) is 6.42 Å². The lowest BCUT2D eigenvalue weighted by Crippen LogP contribution is -2.42. The molecule has 0 bridgehead atoms. The van der Waals surface area contributed by atoms with Crippen LogP contribution in [0.15, 0.2) is 24.3 Å². The zero-order valence-electron chi connectivity index (χ0n) is 9.59. The smallest absolute Gasteiger partial charge is 0.0304 e. The van der Waals surface area contributed by atoms with Gasteiger partial charge in [-0.05, 0) is 42.7 Å². The zero-order chi connectivity index (χ0) is 10.9. The summed E-state index contributed by atoms with van der Waals surface area (Å²) in [6, 6.07) is 8.97. The van der Waals surface area contributed by atoms with E-state index in [4.69, 9.17) is 5.84 Å². The molecular formula is C13H20N2. The molecule has 1 aliphatic rings. The second-order valence-corrected chi connectivity index (χ2v) is 5.00. The molecule has 82 valence electrons. The molecule has 0 amide bonds. The Morgan fingerprint density at radius 1 is 1.40 bits per heavy atom. The minimum Gasteiger partial charge on any atom is -0.271 e. The number of nitrogens with one attached hydrogen (secondary N) is 1. The summed E-state index contributed by atoms with van der Waals surface area (Å²) >= 11 is 0. The van der Waals surface area contributed by atoms with Crippen LogP contribution in [-0.4, -0.2) is 6.04 Å². The van der Waals surface area contributed by atoms with E-state index in [2.05, 4.69) is 43.5 Å².